The molecule has 18 heavy (non-hydrogen) atoms. The fourth-order valence-electron chi connectivity index (χ4n) is 3.63. The number of nitrogens with one attached hydrogen (secondary N) is 1. The zero-order chi connectivity index (χ0) is 12.3. The number of aromatic amines is 1. The molecule has 0 bridgehead atoms. The molecule has 1 aromatic rings. The summed E-state index contributed by atoms with van der Waals surface area (Å²) in [6.07, 6.45) is 2.48. The molecule has 1 saturated carbocycles. The van der Waals surface area contributed by atoms with Crippen molar-refractivity contribution in [2.24, 2.45) is 33.0 Å². The predicted molar refractivity (Wildman–Crippen MR) is 67.7 cm³/mol. The molecule has 1 aromatic heterocycles. The molecule has 0 amide bonds. The Kier molecular flexibility index (Phi) is 2.02. The minimum Gasteiger partial charge on any atom is -0.274 e. The van der Waals surface area contributed by atoms with Crippen molar-refractivity contribution in [1.82, 2.24) is 10.2 Å². The van der Waals surface area contributed by atoms with Crippen LogP contribution in [0.15, 0.2) is 15.2 Å². The molecule has 0 aromatic carbocycles. The summed E-state index contributed by atoms with van der Waals surface area (Å²) in [6, 6.07) is 0. The topological polar surface area (TPSA) is 65.8 Å². The summed E-state index contributed by atoms with van der Waals surface area (Å²) in [6.45, 7) is 5.07. The highest BCUT2D eigenvalue weighted by Gasteiger charge is 2.57. The van der Waals surface area contributed by atoms with Crippen molar-refractivity contribution >= 4 is 5.84 Å². The van der Waals surface area contributed by atoms with E-state index in [1.54, 1.807) is 0 Å². The summed E-state index contributed by atoms with van der Waals surface area (Å²) in [4.78, 5) is 4.28. The van der Waals surface area contributed by atoms with Gasteiger partial charge in [0.1, 0.15) is 5.69 Å². The molecule has 3 atom stereocenters. The largest absolute Gasteiger partial charge is 0.274 e. The monoisotopic (exact) mass is 243 g/mol. The molecular formula is C13H17N5. The molecule has 1 aliphatic heterocycles. The van der Waals surface area contributed by atoms with Crippen LogP contribution in [0.4, 0.5) is 0 Å². The van der Waals surface area contributed by atoms with E-state index in [9.17, 15) is 0 Å². The van der Waals surface area contributed by atoms with Crippen molar-refractivity contribution in [3.05, 3.63) is 17.0 Å². The smallest absolute Gasteiger partial charge is 0.197 e. The number of fused-ring (bicyclic) bond motifs is 3. The van der Waals surface area contributed by atoms with E-state index in [2.05, 4.69) is 39.3 Å². The number of azo groups is 1. The average Bonchev–Trinajstić information content (AvgIpc) is 2.83. The van der Waals surface area contributed by atoms with Crippen LogP contribution in [-0.4, -0.2) is 22.7 Å². The van der Waals surface area contributed by atoms with Gasteiger partial charge in [-0.3, -0.25) is 5.10 Å². The van der Waals surface area contributed by atoms with Crippen LogP contribution in [0.2, 0.25) is 0 Å². The van der Waals surface area contributed by atoms with Crippen LogP contribution in [0.1, 0.15) is 43.1 Å². The van der Waals surface area contributed by atoms with Crippen LogP contribution in [0, 0.1) is 17.8 Å². The van der Waals surface area contributed by atoms with Gasteiger partial charge in [0, 0.05) is 11.5 Å². The molecular weight excluding hydrogens is 226 g/mol. The first kappa shape index (κ1) is 10.4. The van der Waals surface area contributed by atoms with Gasteiger partial charge in [-0.2, -0.15) is 10.2 Å². The summed E-state index contributed by atoms with van der Waals surface area (Å²) >= 11 is 0. The molecule has 3 unspecified atom stereocenters. The normalized spacial score (nSPS) is 31.7. The van der Waals surface area contributed by atoms with Crippen LogP contribution in [0.25, 0.3) is 0 Å². The van der Waals surface area contributed by atoms with Crippen molar-refractivity contribution in [3.8, 4) is 0 Å². The van der Waals surface area contributed by atoms with Gasteiger partial charge in [-0.1, -0.05) is 13.8 Å². The van der Waals surface area contributed by atoms with Gasteiger partial charge in [0.05, 0.1) is 5.69 Å². The fraction of sp³-hybridized carbons (Fsp3) is 0.692. The SMILES string of the molecule is CC(C)CC1C2Cc3c(n[nH]c3C3=NCN=N3)C21. The summed E-state index contributed by atoms with van der Waals surface area (Å²) in [5, 5.41) is 15.6. The number of hydrogen-bond acceptors (Lipinski definition) is 4. The molecule has 0 saturated heterocycles. The molecule has 4 rings (SSSR count). The lowest BCUT2D eigenvalue weighted by atomic mass is 9.99. The van der Waals surface area contributed by atoms with Crippen LogP contribution in [0.5, 0.6) is 0 Å². The molecule has 5 nitrogen and oxygen atoms in total. The lowest BCUT2D eigenvalue weighted by Crippen LogP contribution is -2.02. The number of nitrogens with zero attached hydrogens (tertiary/aromatic N) is 4. The highest BCUT2D eigenvalue weighted by molar-refractivity contribution is 5.99. The zero-order valence-corrected chi connectivity index (χ0v) is 10.7. The van der Waals surface area contributed by atoms with Crippen molar-refractivity contribution in [1.29, 1.82) is 0 Å². The molecule has 1 N–H and O–H groups in total. The quantitative estimate of drug-likeness (QED) is 0.870. The molecule has 1 fully saturated rings. The van der Waals surface area contributed by atoms with Crippen LogP contribution >= 0.6 is 0 Å². The predicted octanol–water partition coefficient (Wildman–Crippen LogP) is 2.51. The van der Waals surface area contributed by atoms with Gasteiger partial charge in [-0.15, -0.1) is 5.11 Å². The Hall–Kier alpha value is -1.52. The van der Waals surface area contributed by atoms with Gasteiger partial charge in [0.15, 0.2) is 12.5 Å². The first-order valence-electron chi connectivity index (χ1n) is 6.75. The zero-order valence-electron chi connectivity index (χ0n) is 10.7. The Morgan fingerprint density at radius 2 is 2.28 bits per heavy atom. The summed E-state index contributed by atoms with van der Waals surface area (Å²) in [7, 11) is 0. The Labute approximate surface area is 106 Å². The maximum Gasteiger partial charge on any atom is 0.197 e. The minimum atomic E-state index is 0.464. The average molecular weight is 243 g/mol. The Morgan fingerprint density at radius 1 is 1.39 bits per heavy atom. The molecule has 3 aliphatic rings. The van der Waals surface area contributed by atoms with Gasteiger partial charge in [0.25, 0.3) is 0 Å². The standard InChI is InChI=1S/C13H17N5/c1-6(2)3-7-8-4-9-11(10(7)8)16-17-12(9)13-14-5-15-18-13/h6-8,10H,3-5H2,1-2H3,(H,16,17). The van der Waals surface area contributed by atoms with E-state index in [-0.39, 0.29) is 0 Å². The van der Waals surface area contributed by atoms with Gasteiger partial charge < -0.3 is 0 Å². The first-order valence-corrected chi connectivity index (χ1v) is 6.75. The third kappa shape index (κ3) is 1.33. The highest BCUT2D eigenvalue weighted by atomic mass is 15.3. The van der Waals surface area contributed by atoms with Crippen LogP contribution < -0.4 is 0 Å². The van der Waals surface area contributed by atoms with E-state index in [0.717, 1.165) is 35.7 Å². The van der Waals surface area contributed by atoms with Crippen molar-refractivity contribution in [3.63, 3.8) is 0 Å². The van der Waals surface area contributed by atoms with Gasteiger partial charge in [-0.25, -0.2) is 4.99 Å². The lowest BCUT2D eigenvalue weighted by Gasteiger charge is -2.06. The van der Waals surface area contributed by atoms with Crippen molar-refractivity contribution < 1.29 is 0 Å². The maximum atomic E-state index is 4.51. The summed E-state index contributed by atoms with van der Waals surface area (Å²) < 4.78 is 0. The maximum absolute atomic E-state index is 4.51. The summed E-state index contributed by atoms with van der Waals surface area (Å²) in [5.74, 6) is 3.92. The molecule has 0 radical (unpaired) electrons. The molecule has 2 aliphatic carbocycles. The second-order valence-electron chi connectivity index (χ2n) is 6.01. The molecule has 94 valence electrons. The number of aliphatic imine (C=N–C) groups is 1. The molecule has 2 heterocycles. The second kappa shape index (κ2) is 3.49. The second-order valence-corrected chi connectivity index (χ2v) is 6.01. The number of amidine groups is 1. The third-order valence-corrected chi connectivity index (χ3v) is 4.40. The Bertz CT molecular complexity index is 554. The number of rotatable bonds is 3. The van der Waals surface area contributed by atoms with Crippen molar-refractivity contribution in [2.45, 2.75) is 32.6 Å². The van der Waals surface area contributed by atoms with Crippen LogP contribution in [0.3, 0.4) is 0 Å². The van der Waals surface area contributed by atoms with Gasteiger partial charge >= 0.3 is 0 Å². The first-order chi connectivity index (χ1) is 8.75. The van der Waals surface area contributed by atoms with E-state index in [1.165, 1.54) is 17.7 Å². The fourth-order valence-corrected chi connectivity index (χ4v) is 3.63. The number of hydrogen-bond donors (Lipinski definition) is 1. The van der Waals surface area contributed by atoms with E-state index in [0.29, 0.717) is 12.6 Å². The van der Waals surface area contributed by atoms with E-state index in [4.69, 9.17) is 0 Å². The molecule has 0 spiro atoms. The number of aromatic nitrogens is 2. The minimum absolute atomic E-state index is 0.464. The molecule has 5 heteroatoms. The van der Waals surface area contributed by atoms with Crippen molar-refractivity contribution in [2.75, 3.05) is 6.67 Å². The number of H-pyrrole nitrogens is 1. The van der Waals surface area contributed by atoms with Gasteiger partial charge in [-0.05, 0) is 30.6 Å². The van der Waals surface area contributed by atoms with E-state index < -0.39 is 0 Å². The van der Waals surface area contributed by atoms with Gasteiger partial charge in [0.2, 0.25) is 0 Å². The summed E-state index contributed by atoms with van der Waals surface area (Å²) in [5.41, 5.74) is 3.65. The highest BCUT2D eigenvalue weighted by Crippen LogP contribution is 2.63. The Balaban J connectivity index is 1.61. The lowest BCUT2D eigenvalue weighted by molar-refractivity contribution is 0.503. The van der Waals surface area contributed by atoms with E-state index in [1.807, 2.05) is 0 Å². The van der Waals surface area contributed by atoms with E-state index >= 15 is 0 Å². The third-order valence-electron chi connectivity index (χ3n) is 4.40. The Morgan fingerprint density at radius 3 is 3.00 bits per heavy atom. The van der Waals surface area contributed by atoms with Crippen LogP contribution in [-0.2, 0) is 6.42 Å².